The largest absolute Gasteiger partial charge is 0.493 e. The van der Waals surface area contributed by atoms with E-state index in [0.29, 0.717) is 26.2 Å². The second kappa shape index (κ2) is 7.25. The van der Waals surface area contributed by atoms with Gasteiger partial charge in [0.05, 0.1) is 12.6 Å². The molecule has 0 aromatic heterocycles. The summed E-state index contributed by atoms with van der Waals surface area (Å²) in [6.45, 7) is 3.33. The highest BCUT2D eigenvalue weighted by Gasteiger charge is 2.29. The van der Waals surface area contributed by atoms with E-state index in [-0.39, 0.29) is 17.9 Å². The quantitative estimate of drug-likeness (QED) is 0.850. The van der Waals surface area contributed by atoms with Crippen LogP contribution < -0.4 is 10.1 Å². The Morgan fingerprint density at radius 1 is 1.16 bits per heavy atom. The van der Waals surface area contributed by atoms with E-state index in [2.05, 4.69) is 5.32 Å². The molecule has 0 radical (unpaired) electrons. The SMILES string of the molecule is O=C(c1ccc2c(c1)CCO2)N1CCCN(C(=O)C2CSCN2)CC1. The van der Waals surface area contributed by atoms with Gasteiger partial charge in [-0.2, -0.15) is 0 Å². The zero-order valence-electron chi connectivity index (χ0n) is 14.2. The third kappa shape index (κ3) is 3.48. The number of nitrogens with one attached hydrogen (secondary N) is 1. The van der Waals surface area contributed by atoms with Crippen molar-refractivity contribution in [3.63, 3.8) is 0 Å². The molecule has 6 nitrogen and oxygen atoms in total. The fourth-order valence-corrected chi connectivity index (χ4v) is 4.55. The Morgan fingerprint density at radius 2 is 2.00 bits per heavy atom. The third-order valence-electron chi connectivity index (χ3n) is 5.05. The van der Waals surface area contributed by atoms with Crippen LogP contribution in [0.2, 0.25) is 0 Å². The van der Waals surface area contributed by atoms with Crippen molar-refractivity contribution in [3.05, 3.63) is 29.3 Å². The number of hydrogen-bond donors (Lipinski definition) is 1. The van der Waals surface area contributed by atoms with Gasteiger partial charge in [-0.05, 0) is 30.2 Å². The second-order valence-electron chi connectivity index (χ2n) is 6.66. The van der Waals surface area contributed by atoms with E-state index in [1.54, 1.807) is 11.8 Å². The first-order valence-corrected chi connectivity index (χ1v) is 10.0. The van der Waals surface area contributed by atoms with E-state index in [0.717, 1.165) is 47.9 Å². The molecule has 3 aliphatic rings. The molecule has 2 fully saturated rings. The number of hydrogen-bond acceptors (Lipinski definition) is 5. The summed E-state index contributed by atoms with van der Waals surface area (Å²) in [5.41, 5.74) is 1.83. The maximum atomic E-state index is 12.9. The molecule has 0 aliphatic carbocycles. The number of carbonyl (C=O) groups excluding carboxylic acids is 2. The molecular formula is C18H23N3O3S. The van der Waals surface area contributed by atoms with Crippen molar-refractivity contribution in [2.75, 3.05) is 44.4 Å². The van der Waals surface area contributed by atoms with E-state index in [4.69, 9.17) is 4.74 Å². The molecule has 25 heavy (non-hydrogen) atoms. The summed E-state index contributed by atoms with van der Waals surface area (Å²) < 4.78 is 5.51. The molecule has 0 saturated carbocycles. The minimum absolute atomic E-state index is 0.0542. The van der Waals surface area contributed by atoms with E-state index in [9.17, 15) is 9.59 Å². The van der Waals surface area contributed by atoms with Crippen LogP contribution in [-0.2, 0) is 11.2 Å². The van der Waals surface area contributed by atoms with Crippen LogP contribution in [0.3, 0.4) is 0 Å². The number of carbonyl (C=O) groups is 2. The highest BCUT2D eigenvalue weighted by molar-refractivity contribution is 7.99. The summed E-state index contributed by atoms with van der Waals surface area (Å²) in [4.78, 5) is 29.2. The minimum Gasteiger partial charge on any atom is -0.493 e. The maximum Gasteiger partial charge on any atom is 0.253 e. The number of amides is 2. The van der Waals surface area contributed by atoms with Crippen LogP contribution in [0.5, 0.6) is 5.75 Å². The van der Waals surface area contributed by atoms with Gasteiger partial charge in [0.2, 0.25) is 5.91 Å². The van der Waals surface area contributed by atoms with Crippen molar-refractivity contribution in [1.82, 2.24) is 15.1 Å². The van der Waals surface area contributed by atoms with E-state index in [1.165, 1.54) is 0 Å². The van der Waals surface area contributed by atoms with Crippen LogP contribution in [0.4, 0.5) is 0 Å². The van der Waals surface area contributed by atoms with Gasteiger partial charge in [-0.1, -0.05) is 0 Å². The normalized spacial score (nSPS) is 23.1. The second-order valence-corrected chi connectivity index (χ2v) is 7.69. The monoisotopic (exact) mass is 361 g/mol. The van der Waals surface area contributed by atoms with Crippen LogP contribution in [0.1, 0.15) is 22.3 Å². The maximum absolute atomic E-state index is 12.9. The van der Waals surface area contributed by atoms with Crippen molar-refractivity contribution >= 4 is 23.6 Å². The summed E-state index contributed by atoms with van der Waals surface area (Å²) in [5, 5.41) is 3.24. The molecule has 3 aliphatic heterocycles. The van der Waals surface area contributed by atoms with Gasteiger partial charge in [-0.15, -0.1) is 11.8 Å². The summed E-state index contributed by atoms with van der Waals surface area (Å²) in [6, 6.07) is 5.63. The highest BCUT2D eigenvalue weighted by atomic mass is 32.2. The molecule has 1 aromatic carbocycles. The molecule has 2 saturated heterocycles. The zero-order valence-corrected chi connectivity index (χ0v) is 15.0. The summed E-state index contributed by atoms with van der Waals surface area (Å²) in [5.74, 6) is 2.81. The predicted octanol–water partition coefficient (Wildman–Crippen LogP) is 0.958. The summed E-state index contributed by atoms with van der Waals surface area (Å²) >= 11 is 1.76. The lowest BCUT2D eigenvalue weighted by Crippen LogP contribution is -2.46. The molecule has 1 unspecified atom stereocenters. The molecule has 1 atom stereocenters. The van der Waals surface area contributed by atoms with Crippen molar-refractivity contribution in [2.24, 2.45) is 0 Å². The van der Waals surface area contributed by atoms with Gasteiger partial charge in [0, 0.05) is 49.8 Å². The Balaban J connectivity index is 1.40. The number of fused-ring (bicyclic) bond motifs is 1. The Bertz CT molecular complexity index is 676. The molecule has 3 heterocycles. The molecular weight excluding hydrogens is 338 g/mol. The van der Waals surface area contributed by atoms with Crippen molar-refractivity contribution in [2.45, 2.75) is 18.9 Å². The highest BCUT2D eigenvalue weighted by Crippen LogP contribution is 2.26. The summed E-state index contributed by atoms with van der Waals surface area (Å²) in [6.07, 6.45) is 1.69. The smallest absolute Gasteiger partial charge is 0.253 e. The fourth-order valence-electron chi connectivity index (χ4n) is 3.62. The minimum atomic E-state index is -0.0658. The van der Waals surface area contributed by atoms with Crippen LogP contribution in [0, 0.1) is 0 Å². The van der Waals surface area contributed by atoms with Gasteiger partial charge < -0.3 is 14.5 Å². The lowest BCUT2D eigenvalue weighted by atomic mass is 10.1. The van der Waals surface area contributed by atoms with Gasteiger partial charge >= 0.3 is 0 Å². The average molecular weight is 361 g/mol. The molecule has 2 amide bonds. The Labute approximate surface area is 151 Å². The Hall–Kier alpha value is -1.73. The van der Waals surface area contributed by atoms with Crippen LogP contribution in [-0.4, -0.2) is 72.1 Å². The molecule has 134 valence electrons. The lowest BCUT2D eigenvalue weighted by molar-refractivity contribution is -0.132. The standard InChI is InChI=1S/C18H23N3O3S/c22-17(14-2-3-16-13(10-14)4-9-24-16)20-5-1-6-21(8-7-20)18(23)15-11-25-12-19-15/h2-3,10,15,19H,1,4-9,11-12H2. The van der Waals surface area contributed by atoms with E-state index in [1.807, 2.05) is 28.0 Å². The third-order valence-corrected chi connectivity index (χ3v) is 5.99. The average Bonchev–Trinajstić information content (AvgIpc) is 3.27. The van der Waals surface area contributed by atoms with Crippen LogP contribution in [0.15, 0.2) is 18.2 Å². The number of nitrogens with zero attached hydrogens (tertiary/aromatic N) is 2. The molecule has 1 N–H and O–H groups in total. The van der Waals surface area contributed by atoms with E-state index < -0.39 is 0 Å². The molecule has 0 bridgehead atoms. The molecule has 0 spiro atoms. The fraction of sp³-hybridized carbons (Fsp3) is 0.556. The summed E-state index contributed by atoms with van der Waals surface area (Å²) in [7, 11) is 0. The topological polar surface area (TPSA) is 61.9 Å². The number of benzene rings is 1. The van der Waals surface area contributed by atoms with Gasteiger partial charge in [0.1, 0.15) is 5.75 Å². The van der Waals surface area contributed by atoms with Crippen molar-refractivity contribution in [1.29, 1.82) is 0 Å². The molecule has 7 heteroatoms. The zero-order chi connectivity index (χ0) is 17.2. The van der Waals surface area contributed by atoms with E-state index >= 15 is 0 Å². The Kier molecular flexibility index (Phi) is 4.85. The lowest BCUT2D eigenvalue weighted by Gasteiger charge is -2.24. The van der Waals surface area contributed by atoms with Gasteiger partial charge in [0.15, 0.2) is 0 Å². The molecule has 1 aromatic rings. The first kappa shape index (κ1) is 16.7. The van der Waals surface area contributed by atoms with Gasteiger partial charge in [0.25, 0.3) is 5.91 Å². The van der Waals surface area contributed by atoms with Gasteiger partial charge in [-0.25, -0.2) is 0 Å². The first-order valence-electron chi connectivity index (χ1n) is 8.87. The molecule has 4 rings (SSSR count). The number of ether oxygens (including phenoxy) is 1. The van der Waals surface area contributed by atoms with Crippen LogP contribution >= 0.6 is 11.8 Å². The number of rotatable bonds is 2. The van der Waals surface area contributed by atoms with Crippen LogP contribution in [0.25, 0.3) is 0 Å². The van der Waals surface area contributed by atoms with Gasteiger partial charge in [-0.3, -0.25) is 14.9 Å². The van der Waals surface area contributed by atoms with Crippen molar-refractivity contribution < 1.29 is 14.3 Å². The predicted molar refractivity (Wildman–Crippen MR) is 97.0 cm³/mol. The van der Waals surface area contributed by atoms with Crippen molar-refractivity contribution in [3.8, 4) is 5.75 Å². The first-order chi connectivity index (χ1) is 12.2. The number of thioether (sulfide) groups is 1. The Morgan fingerprint density at radius 3 is 2.84 bits per heavy atom.